The summed E-state index contributed by atoms with van der Waals surface area (Å²) >= 11 is 7.60. The zero-order valence-electron chi connectivity index (χ0n) is 21.0. The molecule has 0 fully saturated rings. The Morgan fingerprint density at radius 1 is 0.868 bits per heavy atom. The van der Waals surface area contributed by atoms with E-state index in [1.54, 1.807) is 24.9 Å². The third kappa shape index (κ3) is 8.18. The number of hydrogen-bond donors (Lipinski definition) is 0. The zero-order chi connectivity index (χ0) is 26.7. The molecule has 3 aromatic carbocycles. The molecular formula is C32H24ClNO3S. The number of benzene rings is 3. The van der Waals surface area contributed by atoms with Gasteiger partial charge >= 0.3 is 5.97 Å². The Morgan fingerprint density at radius 3 is 2.29 bits per heavy atom. The van der Waals surface area contributed by atoms with Crippen molar-refractivity contribution in [2.75, 3.05) is 13.2 Å². The second-order valence-electron chi connectivity index (χ2n) is 8.09. The van der Waals surface area contributed by atoms with Crippen molar-refractivity contribution >= 4 is 29.3 Å². The van der Waals surface area contributed by atoms with Gasteiger partial charge in [-0.25, -0.2) is 9.78 Å². The van der Waals surface area contributed by atoms with Gasteiger partial charge in [0.1, 0.15) is 11.4 Å². The fourth-order valence-electron chi connectivity index (χ4n) is 3.38. The van der Waals surface area contributed by atoms with Crippen molar-refractivity contribution in [2.24, 2.45) is 0 Å². The number of aryl methyl sites for hydroxylation is 1. The number of pyridine rings is 1. The summed E-state index contributed by atoms with van der Waals surface area (Å²) in [4.78, 5) is 17.9. The zero-order valence-corrected chi connectivity index (χ0v) is 22.5. The highest BCUT2D eigenvalue weighted by Gasteiger charge is 2.08. The molecule has 0 unspecified atom stereocenters. The highest BCUT2D eigenvalue weighted by molar-refractivity contribution is 7.99. The van der Waals surface area contributed by atoms with Crippen LogP contribution in [0.15, 0.2) is 94.9 Å². The topological polar surface area (TPSA) is 48.4 Å². The maximum atomic E-state index is 11.6. The summed E-state index contributed by atoms with van der Waals surface area (Å²) in [6, 6.07) is 25.0. The smallest absolute Gasteiger partial charge is 0.344 e. The SMILES string of the molecule is CCOC(=O)COc1ccc(Sc2cc(C#Cc3ccc(Cl)cc3)cc(C#Cc3ccccn3)c2)cc1C. The van der Waals surface area contributed by atoms with Crippen molar-refractivity contribution in [1.82, 2.24) is 4.98 Å². The van der Waals surface area contributed by atoms with Crippen LogP contribution in [0.5, 0.6) is 5.75 Å². The molecule has 0 aliphatic carbocycles. The maximum absolute atomic E-state index is 11.6. The second-order valence-corrected chi connectivity index (χ2v) is 9.67. The molecule has 4 nitrogen and oxygen atoms in total. The average molecular weight is 538 g/mol. The third-order valence-corrected chi connectivity index (χ3v) is 6.35. The van der Waals surface area contributed by atoms with E-state index >= 15 is 0 Å². The van der Waals surface area contributed by atoms with Gasteiger partial charge in [-0.1, -0.05) is 47.2 Å². The molecule has 1 heterocycles. The summed E-state index contributed by atoms with van der Waals surface area (Å²) in [7, 11) is 0. The molecular weight excluding hydrogens is 514 g/mol. The second kappa shape index (κ2) is 13.4. The van der Waals surface area contributed by atoms with Gasteiger partial charge in [0.15, 0.2) is 6.61 Å². The molecule has 0 atom stereocenters. The van der Waals surface area contributed by atoms with Crippen LogP contribution in [-0.2, 0) is 9.53 Å². The van der Waals surface area contributed by atoms with Gasteiger partial charge < -0.3 is 9.47 Å². The first-order chi connectivity index (χ1) is 18.5. The number of halogens is 1. The summed E-state index contributed by atoms with van der Waals surface area (Å²) in [6.07, 6.45) is 1.72. The van der Waals surface area contributed by atoms with E-state index in [1.165, 1.54) is 0 Å². The van der Waals surface area contributed by atoms with Gasteiger partial charge in [0.05, 0.1) is 6.61 Å². The molecule has 0 saturated carbocycles. The largest absolute Gasteiger partial charge is 0.482 e. The van der Waals surface area contributed by atoms with Crippen LogP contribution in [0.25, 0.3) is 0 Å². The Kier molecular flexibility index (Phi) is 9.48. The van der Waals surface area contributed by atoms with Crippen molar-refractivity contribution in [3.05, 3.63) is 118 Å². The van der Waals surface area contributed by atoms with E-state index in [1.807, 2.05) is 85.8 Å². The number of carbonyl (C=O) groups is 1. The summed E-state index contributed by atoms with van der Waals surface area (Å²) < 4.78 is 10.5. The van der Waals surface area contributed by atoms with Crippen molar-refractivity contribution in [3.8, 4) is 29.4 Å². The van der Waals surface area contributed by atoms with Crippen LogP contribution in [-0.4, -0.2) is 24.2 Å². The molecule has 1 aromatic heterocycles. The Labute approximate surface area is 232 Å². The van der Waals surface area contributed by atoms with Crippen molar-refractivity contribution < 1.29 is 14.3 Å². The van der Waals surface area contributed by atoms with E-state index in [0.29, 0.717) is 23.1 Å². The molecule has 0 spiro atoms. The third-order valence-electron chi connectivity index (χ3n) is 5.13. The van der Waals surface area contributed by atoms with Crippen LogP contribution < -0.4 is 4.74 Å². The highest BCUT2D eigenvalue weighted by Crippen LogP contribution is 2.32. The van der Waals surface area contributed by atoms with Gasteiger partial charge in [0.2, 0.25) is 0 Å². The predicted molar refractivity (Wildman–Crippen MR) is 152 cm³/mol. The van der Waals surface area contributed by atoms with Gasteiger partial charge in [-0.2, -0.15) is 0 Å². The lowest BCUT2D eigenvalue weighted by atomic mass is 10.1. The molecule has 4 aromatic rings. The first-order valence-corrected chi connectivity index (χ1v) is 13.1. The summed E-state index contributed by atoms with van der Waals surface area (Å²) in [6.45, 7) is 3.92. The number of carbonyl (C=O) groups excluding carboxylic acids is 1. The van der Waals surface area contributed by atoms with Crippen LogP contribution in [0.1, 0.15) is 34.9 Å². The molecule has 0 radical (unpaired) electrons. The van der Waals surface area contributed by atoms with Gasteiger partial charge in [-0.3, -0.25) is 0 Å². The number of ether oxygens (including phenoxy) is 2. The Balaban J connectivity index is 1.60. The molecule has 0 aliphatic rings. The van der Waals surface area contributed by atoms with Crippen LogP contribution >= 0.6 is 23.4 Å². The molecule has 4 rings (SSSR count). The molecule has 0 bridgehead atoms. The van der Waals surface area contributed by atoms with E-state index < -0.39 is 0 Å². The number of aromatic nitrogens is 1. The molecule has 6 heteroatoms. The monoisotopic (exact) mass is 537 g/mol. The minimum absolute atomic E-state index is 0.117. The van der Waals surface area contributed by atoms with E-state index in [9.17, 15) is 4.79 Å². The fraction of sp³-hybridized carbons (Fsp3) is 0.125. The Bertz CT molecular complexity index is 1550. The quantitative estimate of drug-likeness (QED) is 0.197. The molecule has 0 aliphatic heterocycles. The molecule has 0 N–H and O–H groups in total. The number of rotatable bonds is 6. The van der Waals surface area contributed by atoms with Crippen LogP contribution in [0, 0.1) is 30.6 Å². The summed E-state index contributed by atoms with van der Waals surface area (Å²) in [5.74, 6) is 13.0. The van der Waals surface area contributed by atoms with Crippen LogP contribution in [0.3, 0.4) is 0 Å². The number of nitrogens with zero attached hydrogens (tertiary/aromatic N) is 1. The van der Waals surface area contributed by atoms with E-state index in [0.717, 1.165) is 32.0 Å². The highest BCUT2D eigenvalue weighted by atomic mass is 35.5. The van der Waals surface area contributed by atoms with Gasteiger partial charge in [0, 0.05) is 37.7 Å². The van der Waals surface area contributed by atoms with E-state index in [2.05, 4.69) is 28.7 Å². The van der Waals surface area contributed by atoms with E-state index in [4.69, 9.17) is 21.1 Å². The minimum atomic E-state index is -0.388. The number of esters is 1. The van der Waals surface area contributed by atoms with Crippen LogP contribution in [0.4, 0.5) is 0 Å². The molecule has 0 amide bonds. The van der Waals surface area contributed by atoms with Crippen molar-refractivity contribution in [2.45, 2.75) is 23.6 Å². The lowest BCUT2D eigenvalue weighted by Gasteiger charge is -2.10. The normalized spacial score (nSPS) is 9.97. The first-order valence-electron chi connectivity index (χ1n) is 11.9. The standard InChI is InChI=1S/C32H24ClNO3S/c1-3-36-32(35)22-37-31-16-15-29(18-23(31)2)38-30-20-25(8-7-24-9-12-27(33)13-10-24)19-26(21-30)11-14-28-6-4-5-17-34-28/h4-6,9-10,12-13,15-21H,3,22H2,1-2H3. The Hall–Kier alpha value is -4.16. The molecule has 38 heavy (non-hydrogen) atoms. The average Bonchev–Trinajstić information content (AvgIpc) is 2.92. The molecule has 188 valence electrons. The predicted octanol–water partition coefficient (Wildman–Crippen LogP) is 6.94. The minimum Gasteiger partial charge on any atom is -0.482 e. The number of hydrogen-bond acceptors (Lipinski definition) is 5. The lowest BCUT2D eigenvalue weighted by Crippen LogP contribution is -2.14. The van der Waals surface area contributed by atoms with Gasteiger partial charge in [0.25, 0.3) is 0 Å². The van der Waals surface area contributed by atoms with Crippen molar-refractivity contribution in [3.63, 3.8) is 0 Å². The first kappa shape index (κ1) is 26.9. The lowest BCUT2D eigenvalue weighted by molar-refractivity contribution is -0.145. The van der Waals surface area contributed by atoms with Gasteiger partial charge in [-0.15, -0.1) is 0 Å². The summed E-state index contributed by atoms with van der Waals surface area (Å²) in [5.41, 5.74) is 4.19. The van der Waals surface area contributed by atoms with Crippen LogP contribution in [0.2, 0.25) is 5.02 Å². The maximum Gasteiger partial charge on any atom is 0.344 e. The fourth-order valence-corrected chi connectivity index (χ4v) is 4.52. The van der Waals surface area contributed by atoms with E-state index in [-0.39, 0.29) is 12.6 Å². The van der Waals surface area contributed by atoms with Gasteiger partial charge in [-0.05, 0) is 98.1 Å². The summed E-state index contributed by atoms with van der Waals surface area (Å²) in [5, 5.41) is 0.675. The van der Waals surface area contributed by atoms with Crippen molar-refractivity contribution in [1.29, 1.82) is 0 Å². The Morgan fingerprint density at radius 2 is 1.61 bits per heavy atom. The molecule has 0 saturated heterocycles.